The third-order valence-electron chi connectivity index (χ3n) is 10.6. The summed E-state index contributed by atoms with van der Waals surface area (Å²) in [7, 11) is 1.55. The number of aliphatic imine (C=N–C) groups is 1. The van der Waals surface area contributed by atoms with Crippen LogP contribution in [0, 0.1) is 10.8 Å². The molecule has 336 valence electrons. The third kappa shape index (κ3) is 14.8. The van der Waals surface area contributed by atoms with E-state index in [9.17, 15) is 24.3 Å². The van der Waals surface area contributed by atoms with Gasteiger partial charge in [-0.2, -0.15) is 0 Å². The zero-order valence-electron chi connectivity index (χ0n) is 36.5. The zero-order valence-corrected chi connectivity index (χ0v) is 36.5. The minimum atomic E-state index is -1.12. The van der Waals surface area contributed by atoms with E-state index < -0.39 is 71.3 Å². The van der Waals surface area contributed by atoms with Crippen LogP contribution in [0.5, 0.6) is 0 Å². The first-order chi connectivity index (χ1) is 29.6. The Bertz CT molecular complexity index is 1960. The molecular weight excluding hydrogens is 801 g/mol. The fraction of sp³-hybridized carbons (Fsp3) is 0.489. The van der Waals surface area contributed by atoms with Gasteiger partial charge in [0.15, 0.2) is 17.6 Å². The molecule has 15 nitrogen and oxygen atoms in total. The summed E-state index contributed by atoms with van der Waals surface area (Å²) in [6.07, 6.45) is 25.3. The molecule has 8 atom stereocenters. The van der Waals surface area contributed by atoms with Gasteiger partial charge in [-0.3, -0.25) is 9.59 Å². The monoisotopic (exact) mass is 860 g/mol. The molecular formula is C47H60N2O13. The van der Waals surface area contributed by atoms with E-state index in [1.54, 1.807) is 102 Å². The van der Waals surface area contributed by atoms with E-state index in [1.165, 1.54) is 6.26 Å². The molecule has 1 fully saturated rings. The Hall–Kier alpha value is -5.64. The number of carbonyl (C=O) groups is 4. The Morgan fingerprint density at radius 3 is 2.31 bits per heavy atom. The van der Waals surface area contributed by atoms with Crippen molar-refractivity contribution in [2.75, 3.05) is 13.7 Å². The molecule has 2 N–H and O–H groups in total. The molecule has 4 rings (SSSR count). The van der Waals surface area contributed by atoms with Crippen LogP contribution < -0.4 is 0 Å². The highest BCUT2D eigenvalue weighted by atomic mass is 16.6. The Kier molecular flexibility index (Phi) is 18.6. The number of carboxylic acid groups (broad SMARTS) is 1. The average Bonchev–Trinajstić information content (AvgIpc) is 3.53. The van der Waals surface area contributed by atoms with Crippen LogP contribution in [0.2, 0.25) is 0 Å². The SMILES string of the molecule is C/C=C/[C@H](OC(=O)CCC(=O)O)C(C)(C)[C@@H]1C/C=C\[C@H]2O[C@H]2/C=C/C=C\c2nc(co2)C(=O)O[C@H](C(C)(C)[C@@H](O)/C=C/C)C\C=C/C=C\C=C\[C@H](OC)CC2=NC(CO2)C(=O)O1. The number of carbonyl (C=O) groups excluding carboxylic acids is 3. The summed E-state index contributed by atoms with van der Waals surface area (Å²) in [5, 5.41) is 20.0. The topological polar surface area (TPSA) is 206 Å². The number of fused-ring (bicyclic) bond motifs is 4. The van der Waals surface area contributed by atoms with Crippen molar-refractivity contribution in [2.45, 2.75) is 122 Å². The van der Waals surface area contributed by atoms with Gasteiger partial charge in [0.05, 0.1) is 31.5 Å². The minimum absolute atomic E-state index is 0.0166. The van der Waals surface area contributed by atoms with Crippen molar-refractivity contribution in [2.24, 2.45) is 15.8 Å². The molecule has 1 aromatic heterocycles. The lowest BCUT2D eigenvalue weighted by atomic mass is 9.78. The molecule has 0 radical (unpaired) electrons. The summed E-state index contributed by atoms with van der Waals surface area (Å²) < 4.78 is 40.5. The number of aromatic nitrogens is 1. The maximum Gasteiger partial charge on any atom is 0.360 e. The number of cyclic esters (lactones) is 2. The number of esters is 3. The van der Waals surface area contributed by atoms with Crippen molar-refractivity contribution in [3.63, 3.8) is 0 Å². The number of ether oxygens (including phenoxy) is 6. The molecule has 0 amide bonds. The summed E-state index contributed by atoms with van der Waals surface area (Å²) in [5.41, 5.74) is -1.86. The second-order valence-electron chi connectivity index (χ2n) is 16.1. The van der Waals surface area contributed by atoms with Gasteiger partial charge in [0.2, 0.25) is 5.89 Å². The molecule has 0 spiro atoms. The second kappa shape index (κ2) is 23.5. The standard InChI is InChI=1S/C47H60N2O13/c1-8-18-36(50)46(3,4)38-23-14-12-10-11-13-20-31(56-7)28-41-49-33(30-58-41)45(55)62-39(47(5,6)37(19-9-2)60-43(53)27-26-42(51)52)24-17-22-35-34(59-35)21-15-16-25-40-48-32(29-57-40)44(54)61-38/h8-22,25,29,31,33-39,50H,23-24,26-28,30H2,1-7H3,(H,51,52)/b11-10-,14-12-,18-8+,19-9+,20-13+,21-15+,22-17-,25-16-/t31-,33?,34-,35+,36-,37-,38-,39-/m0/s1. The van der Waals surface area contributed by atoms with E-state index in [-0.39, 0.29) is 56.1 Å². The van der Waals surface area contributed by atoms with Crippen LogP contribution in [0.1, 0.15) is 90.0 Å². The molecule has 1 aromatic rings. The van der Waals surface area contributed by atoms with Crippen LogP contribution in [0.3, 0.4) is 0 Å². The average molecular weight is 861 g/mol. The number of aliphatic hydroxyl groups is 1. The van der Waals surface area contributed by atoms with Crippen molar-refractivity contribution >= 4 is 35.9 Å². The quantitative estimate of drug-likeness (QED) is 0.0994. The Labute approximate surface area is 363 Å². The number of aliphatic hydroxyl groups excluding tert-OH is 1. The predicted molar refractivity (Wildman–Crippen MR) is 231 cm³/mol. The summed E-state index contributed by atoms with van der Waals surface area (Å²) in [6, 6.07) is -0.943. The number of hydrogen-bond acceptors (Lipinski definition) is 14. The fourth-order valence-electron chi connectivity index (χ4n) is 6.45. The van der Waals surface area contributed by atoms with E-state index >= 15 is 0 Å². The predicted octanol–water partition coefficient (Wildman–Crippen LogP) is 7.01. The second-order valence-corrected chi connectivity index (χ2v) is 16.1. The van der Waals surface area contributed by atoms with Gasteiger partial charge in [-0.15, -0.1) is 0 Å². The van der Waals surface area contributed by atoms with Crippen LogP contribution in [-0.2, 0) is 42.8 Å². The fourth-order valence-corrected chi connectivity index (χ4v) is 6.45. The number of aliphatic carboxylic acids is 1. The van der Waals surface area contributed by atoms with Crippen LogP contribution in [0.25, 0.3) is 6.08 Å². The van der Waals surface area contributed by atoms with Gasteiger partial charge >= 0.3 is 23.9 Å². The van der Waals surface area contributed by atoms with Crippen molar-refractivity contribution < 1.29 is 62.2 Å². The lowest BCUT2D eigenvalue weighted by Crippen LogP contribution is -2.45. The van der Waals surface area contributed by atoms with Crippen molar-refractivity contribution in [3.8, 4) is 0 Å². The molecule has 3 aliphatic rings. The lowest BCUT2D eigenvalue weighted by molar-refractivity contribution is -0.168. The van der Waals surface area contributed by atoms with Crippen LogP contribution in [0.15, 0.2) is 107 Å². The minimum Gasteiger partial charge on any atom is -0.481 e. The first-order valence-corrected chi connectivity index (χ1v) is 20.7. The molecule has 15 heteroatoms. The first-order valence-electron chi connectivity index (χ1n) is 20.7. The molecule has 1 unspecified atom stereocenters. The molecule has 1 saturated heterocycles. The van der Waals surface area contributed by atoms with E-state index in [4.69, 9.17) is 37.9 Å². The van der Waals surface area contributed by atoms with E-state index in [1.807, 2.05) is 44.2 Å². The summed E-state index contributed by atoms with van der Waals surface area (Å²) in [4.78, 5) is 59.6. The number of allylic oxidation sites excluding steroid dienone is 8. The number of nitrogens with zero attached hydrogens (tertiary/aromatic N) is 2. The maximum atomic E-state index is 13.7. The van der Waals surface area contributed by atoms with E-state index in [2.05, 4.69) is 9.98 Å². The maximum absolute atomic E-state index is 13.7. The van der Waals surface area contributed by atoms with Gasteiger partial charge in [-0.1, -0.05) is 113 Å². The highest BCUT2D eigenvalue weighted by molar-refractivity contribution is 5.87. The van der Waals surface area contributed by atoms with Crippen molar-refractivity contribution in [1.82, 2.24) is 4.98 Å². The van der Waals surface area contributed by atoms with Crippen LogP contribution in [-0.4, -0.2) is 107 Å². The summed E-state index contributed by atoms with van der Waals surface area (Å²) >= 11 is 0. The number of carboxylic acids is 1. The number of methoxy groups -OCH3 is 1. The normalized spacial score (nSPS) is 28.5. The van der Waals surface area contributed by atoms with Crippen LogP contribution >= 0.6 is 0 Å². The van der Waals surface area contributed by atoms with Gasteiger partial charge in [0.1, 0.15) is 43.4 Å². The highest BCUT2D eigenvalue weighted by Crippen LogP contribution is 2.36. The van der Waals surface area contributed by atoms with Crippen molar-refractivity contribution in [3.05, 3.63) is 109 Å². The zero-order chi connectivity index (χ0) is 45.3. The van der Waals surface area contributed by atoms with Crippen molar-refractivity contribution in [1.29, 1.82) is 0 Å². The van der Waals surface area contributed by atoms with Crippen LogP contribution in [0.4, 0.5) is 0 Å². The Morgan fingerprint density at radius 2 is 1.58 bits per heavy atom. The van der Waals surface area contributed by atoms with E-state index in [0.29, 0.717) is 12.3 Å². The van der Waals surface area contributed by atoms with Gasteiger partial charge in [0, 0.05) is 36.9 Å². The molecule has 3 aliphatic heterocycles. The lowest BCUT2D eigenvalue weighted by Gasteiger charge is -2.38. The summed E-state index contributed by atoms with van der Waals surface area (Å²) in [5.74, 6) is -2.61. The smallest absolute Gasteiger partial charge is 0.360 e. The Balaban J connectivity index is 1.59. The summed E-state index contributed by atoms with van der Waals surface area (Å²) in [6.45, 7) is 10.8. The molecule has 0 saturated carbocycles. The number of rotatable bonds is 11. The van der Waals surface area contributed by atoms with Gasteiger partial charge < -0.3 is 43.1 Å². The number of hydrogen-bond donors (Lipinski definition) is 2. The van der Waals surface area contributed by atoms with Gasteiger partial charge in [-0.05, 0) is 19.9 Å². The molecule has 4 bridgehead atoms. The number of oxazole rings is 1. The molecule has 4 heterocycles. The van der Waals surface area contributed by atoms with Gasteiger partial charge in [-0.25, -0.2) is 19.6 Å². The third-order valence-corrected chi connectivity index (χ3v) is 10.6. The largest absolute Gasteiger partial charge is 0.481 e. The highest BCUT2D eigenvalue weighted by Gasteiger charge is 2.43. The first kappa shape index (κ1) is 49.0. The molecule has 0 aliphatic carbocycles. The molecule has 62 heavy (non-hydrogen) atoms. The Morgan fingerprint density at radius 1 is 0.887 bits per heavy atom. The van der Waals surface area contributed by atoms with Gasteiger partial charge in [0.25, 0.3) is 0 Å². The molecule has 0 aromatic carbocycles. The number of epoxide rings is 1. The van der Waals surface area contributed by atoms with E-state index in [0.717, 1.165) is 0 Å².